The van der Waals surface area contributed by atoms with Crippen molar-refractivity contribution >= 4 is 5.91 Å². The molecule has 0 radical (unpaired) electrons. The van der Waals surface area contributed by atoms with Crippen LogP contribution in [0.5, 0.6) is 0 Å². The quantitative estimate of drug-likeness (QED) is 0.798. The summed E-state index contributed by atoms with van der Waals surface area (Å²) >= 11 is 0. The Morgan fingerprint density at radius 1 is 1.50 bits per heavy atom. The molecule has 2 rings (SSSR count). The molecule has 1 amide bonds. The lowest BCUT2D eigenvalue weighted by molar-refractivity contribution is -0.123. The Balaban J connectivity index is 1.83. The Labute approximate surface area is 108 Å². The number of nitrogens with zero attached hydrogens (tertiary/aromatic N) is 2. The average Bonchev–Trinajstić information content (AvgIpc) is 3.04. The molecule has 100 valence electrons. The van der Waals surface area contributed by atoms with Gasteiger partial charge in [0.1, 0.15) is 0 Å². The number of carbonyl (C=O) groups is 1. The summed E-state index contributed by atoms with van der Waals surface area (Å²) in [6, 6.07) is 0.623. The van der Waals surface area contributed by atoms with Gasteiger partial charge in [0, 0.05) is 24.8 Å². The van der Waals surface area contributed by atoms with E-state index in [1.54, 1.807) is 0 Å². The van der Waals surface area contributed by atoms with Crippen LogP contribution in [0.2, 0.25) is 0 Å². The molecule has 0 saturated heterocycles. The van der Waals surface area contributed by atoms with E-state index in [9.17, 15) is 4.79 Å². The molecule has 1 aromatic rings. The van der Waals surface area contributed by atoms with Gasteiger partial charge in [-0.1, -0.05) is 0 Å². The molecule has 1 atom stereocenters. The minimum absolute atomic E-state index is 0.0440. The maximum atomic E-state index is 11.7. The zero-order valence-electron chi connectivity index (χ0n) is 11.3. The van der Waals surface area contributed by atoms with E-state index in [1.807, 2.05) is 33.3 Å². The summed E-state index contributed by atoms with van der Waals surface area (Å²) < 4.78 is 2.21. The Morgan fingerprint density at radius 3 is 2.83 bits per heavy atom. The van der Waals surface area contributed by atoms with Gasteiger partial charge in [-0.3, -0.25) is 4.79 Å². The van der Waals surface area contributed by atoms with Crippen LogP contribution in [0, 0.1) is 0 Å². The first-order valence-corrected chi connectivity index (χ1v) is 6.62. The second-order valence-corrected chi connectivity index (χ2v) is 5.29. The molecule has 0 aromatic carbocycles. The van der Waals surface area contributed by atoms with Gasteiger partial charge in [0.15, 0.2) is 0 Å². The second kappa shape index (κ2) is 5.52. The van der Waals surface area contributed by atoms with E-state index in [0.717, 1.165) is 5.69 Å². The number of amides is 1. The molecule has 1 saturated carbocycles. The van der Waals surface area contributed by atoms with Gasteiger partial charge in [0.25, 0.3) is 0 Å². The molecule has 1 aliphatic carbocycles. The van der Waals surface area contributed by atoms with Crippen LogP contribution in [0.15, 0.2) is 12.5 Å². The van der Waals surface area contributed by atoms with Crippen LogP contribution in [-0.4, -0.2) is 27.5 Å². The second-order valence-electron chi connectivity index (χ2n) is 5.29. The third-order valence-electron chi connectivity index (χ3n) is 3.10. The summed E-state index contributed by atoms with van der Waals surface area (Å²) in [4.78, 5) is 15.9. The van der Waals surface area contributed by atoms with Gasteiger partial charge in [-0.05, 0) is 33.6 Å². The van der Waals surface area contributed by atoms with Crippen molar-refractivity contribution in [2.24, 2.45) is 0 Å². The Morgan fingerprint density at radius 2 is 2.22 bits per heavy atom. The Kier molecular flexibility index (Phi) is 4.01. The number of rotatable bonds is 6. The zero-order valence-corrected chi connectivity index (χ0v) is 11.3. The first-order chi connectivity index (χ1) is 8.58. The lowest BCUT2D eigenvalue weighted by Gasteiger charge is -2.16. The van der Waals surface area contributed by atoms with E-state index in [2.05, 4.69) is 20.2 Å². The molecule has 0 aliphatic heterocycles. The smallest absolute Gasteiger partial charge is 0.237 e. The van der Waals surface area contributed by atoms with Gasteiger partial charge in [0.2, 0.25) is 5.91 Å². The number of imidazole rings is 1. The van der Waals surface area contributed by atoms with Crippen LogP contribution >= 0.6 is 0 Å². The average molecular weight is 250 g/mol. The molecule has 1 fully saturated rings. The summed E-state index contributed by atoms with van der Waals surface area (Å²) in [7, 11) is 0. The lowest BCUT2D eigenvalue weighted by Crippen LogP contribution is -2.44. The molecule has 1 aromatic heterocycles. The number of hydrogen-bond donors (Lipinski definition) is 2. The van der Waals surface area contributed by atoms with Crippen molar-refractivity contribution < 1.29 is 4.79 Å². The van der Waals surface area contributed by atoms with Gasteiger partial charge in [-0.15, -0.1) is 0 Å². The number of aromatic nitrogens is 2. The fourth-order valence-electron chi connectivity index (χ4n) is 1.91. The maximum Gasteiger partial charge on any atom is 0.237 e. The van der Waals surface area contributed by atoms with Crippen molar-refractivity contribution in [2.45, 2.75) is 58.3 Å². The molecule has 0 spiro atoms. The predicted octanol–water partition coefficient (Wildman–Crippen LogP) is 1.22. The van der Waals surface area contributed by atoms with Crippen molar-refractivity contribution in [1.29, 1.82) is 0 Å². The van der Waals surface area contributed by atoms with Crippen LogP contribution in [0.25, 0.3) is 0 Å². The molecular weight excluding hydrogens is 228 g/mol. The standard InChI is InChI=1S/C13H22N4O/c1-9(2)16-13(18)10(3)15-7-12-6-14-8-17(12)11-4-5-11/h6,8-11,15H,4-5,7H2,1-3H3,(H,16,18). The highest BCUT2D eigenvalue weighted by molar-refractivity contribution is 5.81. The number of carbonyl (C=O) groups excluding carboxylic acids is 1. The van der Waals surface area contributed by atoms with E-state index in [0.29, 0.717) is 12.6 Å². The van der Waals surface area contributed by atoms with Crippen LogP contribution in [0.3, 0.4) is 0 Å². The highest BCUT2D eigenvalue weighted by Gasteiger charge is 2.25. The number of hydrogen-bond acceptors (Lipinski definition) is 3. The van der Waals surface area contributed by atoms with Gasteiger partial charge in [-0.2, -0.15) is 0 Å². The predicted molar refractivity (Wildman–Crippen MR) is 70.1 cm³/mol. The van der Waals surface area contributed by atoms with E-state index in [-0.39, 0.29) is 18.0 Å². The molecular formula is C13H22N4O. The summed E-state index contributed by atoms with van der Waals surface area (Å²) in [6.07, 6.45) is 6.24. The molecule has 5 nitrogen and oxygen atoms in total. The third kappa shape index (κ3) is 3.32. The summed E-state index contributed by atoms with van der Waals surface area (Å²) in [6.45, 7) is 6.50. The van der Waals surface area contributed by atoms with E-state index in [4.69, 9.17) is 0 Å². The van der Waals surface area contributed by atoms with Gasteiger partial charge < -0.3 is 15.2 Å². The Hall–Kier alpha value is -1.36. The van der Waals surface area contributed by atoms with E-state index in [1.165, 1.54) is 12.8 Å². The Bertz CT molecular complexity index is 409. The normalized spacial score (nSPS) is 16.9. The maximum absolute atomic E-state index is 11.7. The topological polar surface area (TPSA) is 59.0 Å². The minimum atomic E-state index is -0.185. The summed E-state index contributed by atoms with van der Waals surface area (Å²) in [5, 5.41) is 6.14. The number of nitrogens with one attached hydrogen (secondary N) is 2. The largest absolute Gasteiger partial charge is 0.353 e. The van der Waals surface area contributed by atoms with Gasteiger partial charge >= 0.3 is 0 Å². The van der Waals surface area contributed by atoms with Crippen molar-refractivity contribution in [1.82, 2.24) is 20.2 Å². The molecule has 18 heavy (non-hydrogen) atoms. The van der Waals surface area contributed by atoms with Crippen molar-refractivity contribution in [3.63, 3.8) is 0 Å². The zero-order chi connectivity index (χ0) is 13.1. The highest BCUT2D eigenvalue weighted by atomic mass is 16.2. The molecule has 2 N–H and O–H groups in total. The minimum Gasteiger partial charge on any atom is -0.353 e. The molecule has 1 unspecified atom stereocenters. The van der Waals surface area contributed by atoms with E-state index < -0.39 is 0 Å². The summed E-state index contributed by atoms with van der Waals surface area (Å²) in [5.74, 6) is 0.0440. The molecule has 0 bridgehead atoms. The van der Waals surface area contributed by atoms with Crippen LogP contribution in [0.4, 0.5) is 0 Å². The van der Waals surface area contributed by atoms with Crippen molar-refractivity contribution in [3.05, 3.63) is 18.2 Å². The first-order valence-electron chi connectivity index (χ1n) is 6.62. The van der Waals surface area contributed by atoms with Gasteiger partial charge in [-0.25, -0.2) is 4.98 Å². The third-order valence-corrected chi connectivity index (χ3v) is 3.10. The van der Waals surface area contributed by atoms with Crippen molar-refractivity contribution in [3.8, 4) is 0 Å². The highest BCUT2D eigenvalue weighted by Crippen LogP contribution is 2.35. The fraction of sp³-hybridized carbons (Fsp3) is 0.692. The first kappa shape index (κ1) is 13.1. The molecule has 5 heteroatoms. The van der Waals surface area contributed by atoms with Gasteiger partial charge in [0.05, 0.1) is 18.1 Å². The SMILES string of the molecule is CC(C)NC(=O)C(C)NCc1cncn1C1CC1. The molecule has 1 aliphatic rings. The van der Waals surface area contributed by atoms with Crippen LogP contribution in [-0.2, 0) is 11.3 Å². The monoisotopic (exact) mass is 250 g/mol. The fourth-order valence-corrected chi connectivity index (χ4v) is 1.91. The lowest BCUT2D eigenvalue weighted by atomic mass is 10.2. The van der Waals surface area contributed by atoms with E-state index >= 15 is 0 Å². The van der Waals surface area contributed by atoms with Crippen LogP contribution in [0.1, 0.15) is 45.3 Å². The van der Waals surface area contributed by atoms with Crippen molar-refractivity contribution in [2.75, 3.05) is 0 Å². The summed E-state index contributed by atoms with van der Waals surface area (Å²) in [5.41, 5.74) is 1.15. The molecule has 1 heterocycles. The van der Waals surface area contributed by atoms with Crippen LogP contribution < -0.4 is 10.6 Å².